The predicted molar refractivity (Wildman–Crippen MR) is 165 cm³/mol. The van der Waals surface area contributed by atoms with Gasteiger partial charge in [-0.25, -0.2) is 0 Å². The molecule has 14 heteroatoms. The first-order chi connectivity index (χ1) is 20.7. The quantitative estimate of drug-likeness (QED) is 0.100. The Morgan fingerprint density at radius 2 is 1.48 bits per heavy atom. The molecule has 0 spiro atoms. The molecule has 44 heavy (non-hydrogen) atoms. The van der Waals surface area contributed by atoms with Crippen molar-refractivity contribution in [3.63, 3.8) is 0 Å². The van der Waals surface area contributed by atoms with Crippen molar-refractivity contribution in [3.05, 3.63) is 24.2 Å². The molecule has 6 amide bonds. The fourth-order valence-corrected chi connectivity index (χ4v) is 4.40. The second kappa shape index (κ2) is 19.4. The lowest BCUT2D eigenvalue weighted by molar-refractivity contribution is -0.133. The minimum atomic E-state index is -0.999. The molecule has 0 fully saturated rings. The molecule has 1 heterocycles. The second-order valence-electron chi connectivity index (χ2n) is 11.8. The lowest BCUT2D eigenvalue weighted by Gasteiger charge is -2.27. The summed E-state index contributed by atoms with van der Waals surface area (Å²) in [6.07, 6.45) is 3.63. The van der Waals surface area contributed by atoms with Crippen molar-refractivity contribution in [1.29, 1.82) is 0 Å². The predicted octanol–water partition coefficient (Wildman–Crippen LogP) is 0.311. The summed E-state index contributed by atoms with van der Waals surface area (Å²) in [4.78, 5) is 76.6. The Labute approximate surface area is 259 Å². The third kappa shape index (κ3) is 13.1. The van der Waals surface area contributed by atoms with Crippen LogP contribution < -0.4 is 38.1 Å². The fourth-order valence-electron chi connectivity index (χ4n) is 4.40. The smallest absolute Gasteiger partial charge is 0.287 e. The Hall–Kier alpha value is -3.94. The van der Waals surface area contributed by atoms with Gasteiger partial charge in [-0.2, -0.15) is 0 Å². The van der Waals surface area contributed by atoms with E-state index in [-0.39, 0.29) is 29.9 Å². The van der Waals surface area contributed by atoms with E-state index in [0.717, 1.165) is 0 Å². The van der Waals surface area contributed by atoms with Crippen LogP contribution in [0.4, 0.5) is 0 Å². The average molecular weight is 622 g/mol. The molecule has 0 aromatic carbocycles. The summed E-state index contributed by atoms with van der Waals surface area (Å²) >= 11 is 0. The van der Waals surface area contributed by atoms with Crippen LogP contribution >= 0.6 is 0 Å². The van der Waals surface area contributed by atoms with E-state index >= 15 is 0 Å². The molecule has 9 N–H and O–H groups in total. The number of hydrogen-bond acceptors (Lipinski definition) is 8. The molecule has 1 rings (SSSR count). The number of rotatable bonds is 20. The van der Waals surface area contributed by atoms with Gasteiger partial charge in [0.05, 0.1) is 12.8 Å². The Morgan fingerprint density at radius 3 is 2.00 bits per heavy atom. The molecule has 248 valence electrons. The van der Waals surface area contributed by atoms with Crippen molar-refractivity contribution >= 4 is 35.4 Å². The van der Waals surface area contributed by atoms with Gasteiger partial charge in [-0.05, 0) is 62.1 Å². The van der Waals surface area contributed by atoms with E-state index in [1.54, 1.807) is 26.8 Å². The molecular formula is C30H51N7O7. The largest absolute Gasteiger partial charge is 0.459 e. The van der Waals surface area contributed by atoms with Crippen molar-refractivity contribution in [2.24, 2.45) is 29.2 Å². The van der Waals surface area contributed by atoms with E-state index in [4.69, 9.17) is 15.9 Å². The highest BCUT2D eigenvalue weighted by atomic mass is 16.3. The first-order valence-electron chi connectivity index (χ1n) is 15.2. The Morgan fingerprint density at radius 1 is 0.841 bits per heavy atom. The van der Waals surface area contributed by atoms with Crippen LogP contribution in [-0.4, -0.2) is 72.7 Å². The molecule has 1 aromatic heterocycles. The molecule has 0 unspecified atom stereocenters. The Balaban J connectivity index is 2.93. The van der Waals surface area contributed by atoms with Gasteiger partial charge < -0.3 is 42.5 Å². The van der Waals surface area contributed by atoms with Crippen molar-refractivity contribution in [3.8, 4) is 0 Å². The molecule has 0 aliphatic carbocycles. The maximum Gasteiger partial charge on any atom is 0.287 e. The summed E-state index contributed by atoms with van der Waals surface area (Å²) < 4.78 is 5.12. The van der Waals surface area contributed by atoms with Gasteiger partial charge in [0.15, 0.2) is 5.76 Å². The number of amides is 6. The van der Waals surface area contributed by atoms with Crippen LogP contribution in [0.15, 0.2) is 22.8 Å². The minimum Gasteiger partial charge on any atom is -0.459 e. The third-order valence-electron chi connectivity index (χ3n) is 7.16. The van der Waals surface area contributed by atoms with E-state index in [1.165, 1.54) is 12.3 Å². The zero-order valence-corrected chi connectivity index (χ0v) is 26.7. The molecule has 0 saturated heterocycles. The SMILES string of the molecule is CC[C@H](C)[C@H](NC(=O)[C@H](CC(C)C)NC(=O)c1ccco1)C(=O)NCC(=O)N[C@@H](CCCCN)C(=O)N[C@H](C(N)=O)C(C)C. The van der Waals surface area contributed by atoms with Gasteiger partial charge in [-0.15, -0.1) is 0 Å². The van der Waals surface area contributed by atoms with Crippen LogP contribution in [0.1, 0.15) is 84.2 Å². The summed E-state index contributed by atoms with van der Waals surface area (Å²) in [7, 11) is 0. The van der Waals surface area contributed by atoms with Crippen molar-refractivity contribution < 1.29 is 33.2 Å². The zero-order valence-electron chi connectivity index (χ0n) is 26.7. The van der Waals surface area contributed by atoms with Crippen LogP contribution in [0, 0.1) is 17.8 Å². The molecule has 0 bridgehead atoms. The first kappa shape index (κ1) is 38.1. The van der Waals surface area contributed by atoms with Crippen molar-refractivity contribution in [2.75, 3.05) is 13.1 Å². The number of carbonyl (C=O) groups excluding carboxylic acids is 6. The van der Waals surface area contributed by atoms with Gasteiger partial charge >= 0.3 is 0 Å². The second-order valence-corrected chi connectivity index (χ2v) is 11.8. The summed E-state index contributed by atoms with van der Waals surface area (Å²) in [6, 6.07) is -0.790. The van der Waals surface area contributed by atoms with Crippen molar-refractivity contribution in [1.82, 2.24) is 26.6 Å². The fraction of sp³-hybridized carbons (Fsp3) is 0.667. The number of primary amides is 1. The normalized spacial score (nSPS) is 14.6. The highest BCUT2D eigenvalue weighted by Crippen LogP contribution is 2.12. The maximum atomic E-state index is 13.3. The van der Waals surface area contributed by atoms with E-state index < -0.39 is 66.2 Å². The molecule has 14 nitrogen and oxygen atoms in total. The van der Waals surface area contributed by atoms with Crippen molar-refractivity contribution in [2.45, 2.75) is 97.8 Å². The molecule has 0 saturated carbocycles. The molecular weight excluding hydrogens is 570 g/mol. The Bertz CT molecular complexity index is 1090. The summed E-state index contributed by atoms with van der Waals surface area (Å²) in [5.74, 6) is -4.06. The van der Waals surface area contributed by atoms with Crippen LogP contribution in [0.3, 0.4) is 0 Å². The van der Waals surface area contributed by atoms with Crippen LogP contribution in [0.2, 0.25) is 0 Å². The van der Waals surface area contributed by atoms with Crippen LogP contribution in [-0.2, 0) is 24.0 Å². The maximum absolute atomic E-state index is 13.3. The Kier molecular flexibility index (Phi) is 16.8. The number of furan rings is 1. The molecule has 0 radical (unpaired) electrons. The lowest BCUT2D eigenvalue weighted by atomic mass is 9.96. The monoisotopic (exact) mass is 621 g/mol. The summed E-state index contributed by atoms with van der Waals surface area (Å²) in [5.41, 5.74) is 11.0. The van der Waals surface area contributed by atoms with Crippen LogP contribution in [0.5, 0.6) is 0 Å². The standard InChI is InChI=1S/C30H51N7O7/c1-7-19(6)25(37-28(41)21(15-17(2)3)35-29(42)22-12-10-14-44-22)30(43)33-16-23(38)34-20(11-8-9-13-31)27(40)36-24(18(4)5)26(32)39/h10,12,14,17-21,24-25H,7-9,11,13,15-16,31H2,1-6H3,(H2,32,39)(H,33,43)(H,34,38)(H,35,42)(H,36,40)(H,37,41)/t19-,20-,21-,24-,25-/m0/s1. The molecule has 0 aliphatic heterocycles. The number of nitrogens with one attached hydrogen (secondary N) is 5. The van der Waals surface area contributed by atoms with E-state index in [1.807, 2.05) is 20.8 Å². The highest BCUT2D eigenvalue weighted by molar-refractivity contribution is 5.97. The topological polar surface area (TPSA) is 228 Å². The summed E-state index contributed by atoms with van der Waals surface area (Å²) in [5, 5.41) is 13.1. The molecule has 1 aromatic rings. The minimum absolute atomic E-state index is 0.0519. The van der Waals surface area contributed by atoms with E-state index in [9.17, 15) is 28.8 Å². The van der Waals surface area contributed by atoms with E-state index in [0.29, 0.717) is 32.2 Å². The molecule has 5 atom stereocenters. The molecule has 0 aliphatic rings. The van der Waals surface area contributed by atoms with Gasteiger partial charge in [0.1, 0.15) is 24.2 Å². The number of hydrogen-bond donors (Lipinski definition) is 7. The summed E-state index contributed by atoms with van der Waals surface area (Å²) in [6.45, 7) is 10.8. The lowest BCUT2D eigenvalue weighted by Crippen LogP contribution is -2.58. The average Bonchev–Trinajstić information content (AvgIpc) is 3.50. The van der Waals surface area contributed by atoms with Gasteiger partial charge in [0, 0.05) is 0 Å². The van der Waals surface area contributed by atoms with Gasteiger partial charge in [-0.1, -0.05) is 48.0 Å². The first-order valence-corrected chi connectivity index (χ1v) is 15.2. The third-order valence-corrected chi connectivity index (χ3v) is 7.16. The van der Waals surface area contributed by atoms with Gasteiger partial charge in [0.2, 0.25) is 29.5 Å². The zero-order chi connectivity index (χ0) is 33.4. The number of nitrogens with two attached hydrogens (primary N) is 2. The van der Waals surface area contributed by atoms with E-state index in [2.05, 4.69) is 26.6 Å². The number of unbranched alkanes of at least 4 members (excludes halogenated alkanes) is 1. The van der Waals surface area contributed by atoms with Gasteiger partial charge in [0.25, 0.3) is 5.91 Å². The number of carbonyl (C=O) groups is 6. The van der Waals surface area contributed by atoms with Crippen LogP contribution in [0.25, 0.3) is 0 Å². The van der Waals surface area contributed by atoms with Gasteiger partial charge in [-0.3, -0.25) is 28.8 Å². The highest BCUT2D eigenvalue weighted by Gasteiger charge is 2.32.